The summed E-state index contributed by atoms with van der Waals surface area (Å²) in [6.45, 7) is 0. The van der Waals surface area contributed by atoms with Gasteiger partial charge in [-0.15, -0.1) is 23.1 Å². The molecule has 1 N–H and O–H groups in total. The van der Waals surface area contributed by atoms with Gasteiger partial charge in [0.05, 0.1) is 10.3 Å². The molecule has 1 atom stereocenters. The molecular formula is C7H8OS2. The van der Waals surface area contributed by atoms with Crippen LogP contribution in [0.1, 0.15) is 18.1 Å². The molecule has 10 heavy (non-hydrogen) atoms. The SMILES string of the molecule is OC1CCSc2sccc21. The summed E-state index contributed by atoms with van der Waals surface area (Å²) >= 11 is 3.59. The molecule has 0 aromatic carbocycles. The highest BCUT2D eigenvalue weighted by Crippen LogP contribution is 2.39. The van der Waals surface area contributed by atoms with Gasteiger partial charge < -0.3 is 5.11 Å². The fourth-order valence-electron chi connectivity index (χ4n) is 1.09. The lowest BCUT2D eigenvalue weighted by Gasteiger charge is -2.15. The van der Waals surface area contributed by atoms with Crippen LogP contribution in [0.3, 0.4) is 0 Å². The highest BCUT2D eigenvalue weighted by molar-refractivity contribution is 8.01. The Morgan fingerprint density at radius 3 is 3.30 bits per heavy atom. The predicted molar refractivity (Wildman–Crippen MR) is 44.6 cm³/mol. The van der Waals surface area contributed by atoms with Gasteiger partial charge in [-0.3, -0.25) is 0 Å². The van der Waals surface area contributed by atoms with Crippen molar-refractivity contribution in [1.29, 1.82) is 0 Å². The zero-order valence-corrected chi connectivity index (χ0v) is 7.04. The van der Waals surface area contributed by atoms with Crippen molar-refractivity contribution >= 4 is 23.1 Å². The van der Waals surface area contributed by atoms with E-state index in [-0.39, 0.29) is 6.10 Å². The summed E-state index contributed by atoms with van der Waals surface area (Å²) in [7, 11) is 0. The number of thioether (sulfide) groups is 1. The second-order valence-electron chi connectivity index (χ2n) is 2.32. The van der Waals surface area contributed by atoms with Crippen LogP contribution in [0.25, 0.3) is 0 Å². The number of aliphatic hydroxyl groups is 1. The molecule has 0 saturated heterocycles. The fraction of sp³-hybridized carbons (Fsp3) is 0.429. The van der Waals surface area contributed by atoms with Crippen molar-refractivity contribution in [3.8, 4) is 0 Å². The molecule has 54 valence electrons. The van der Waals surface area contributed by atoms with E-state index >= 15 is 0 Å². The van der Waals surface area contributed by atoms with Crippen LogP contribution in [-0.4, -0.2) is 10.9 Å². The fourth-order valence-corrected chi connectivity index (χ4v) is 3.35. The van der Waals surface area contributed by atoms with Crippen LogP contribution in [0.5, 0.6) is 0 Å². The van der Waals surface area contributed by atoms with Crippen LogP contribution < -0.4 is 0 Å². The molecule has 0 radical (unpaired) electrons. The standard InChI is InChI=1S/C7H8OS2/c8-6-2-4-10-7-5(6)1-3-9-7/h1,3,6,8H,2,4H2. The van der Waals surface area contributed by atoms with Gasteiger partial charge in [-0.25, -0.2) is 0 Å². The summed E-state index contributed by atoms with van der Waals surface area (Å²) in [6.07, 6.45) is 0.719. The first kappa shape index (κ1) is 6.70. The molecule has 0 spiro atoms. The first-order chi connectivity index (χ1) is 4.88. The molecule has 0 saturated carbocycles. The molecule has 0 aliphatic carbocycles. The van der Waals surface area contributed by atoms with Gasteiger partial charge in [0.15, 0.2) is 0 Å². The number of hydrogen-bond donors (Lipinski definition) is 1. The van der Waals surface area contributed by atoms with E-state index in [1.807, 2.05) is 23.2 Å². The Hall–Kier alpha value is 0.0100. The smallest absolute Gasteiger partial charge is 0.0817 e. The van der Waals surface area contributed by atoms with E-state index in [2.05, 4.69) is 0 Å². The molecule has 1 aliphatic heterocycles. The number of thiophene rings is 1. The van der Waals surface area contributed by atoms with Gasteiger partial charge in [0.1, 0.15) is 0 Å². The van der Waals surface area contributed by atoms with E-state index in [1.165, 1.54) is 4.21 Å². The van der Waals surface area contributed by atoms with Crippen LogP contribution in [0.15, 0.2) is 15.7 Å². The molecule has 1 aromatic heterocycles. The Morgan fingerprint density at radius 2 is 2.50 bits per heavy atom. The van der Waals surface area contributed by atoms with E-state index < -0.39 is 0 Å². The van der Waals surface area contributed by atoms with Gasteiger partial charge in [0.25, 0.3) is 0 Å². The third kappa shape index (κ3) is 0.983. The average Bonchev–Trinajstić information content (AvgIpc) is 2.36. The topological polar surface area (TPSA) is 20.2 Å². The minimum absolute atomic E-state index is 0.192. The van der Waals surface area contributed by atoms with Crippen LogP contribution in [0.2, 0.25) is 0 Å². The van der Waals surface area contributed by atoms with Crippen molar-refractivity contribution in [1.82, 2.24) is 0 Å². The van der Waals surface area contributed by atoms with E-state index in [0.717, 1.165) is 17.7 Å². The summed E-state index contributed by atoms with van der Waals surface area (Å²) in [5.41, 5.74) is 1.14. The monoisotopic (exact) mass is 172 g/mol. The molecule has 1 aliphatic rings. The Kier molecular flexibility index (Phi) is 1.72. The van der Waals surface area contributed by atoms with Crippen molar-refractivity contribution in [2.24, 2.45) is 0 Å². The summed E-state index contributed by atoms with van der Waals surface area (Å²) in [6, 6.07) is 2.02. The maximum absolute atomic E-state index is 9.44. The Morgan fingerprint density at radius 1 is 1.60 bits per heavy atom. The zero-order chi connectivity index (χ0) is 6.97. The van der Waals surface area contributed by atoms with E-state index in [4.69, 9.17) is 0 Å². The molecule has 1 nitrogen and oxygen atoms in total. The number of rotatable bonds is 0. The van der Waals surface area contributed by atoms with Crippen molar-refractivity contribution in [2.45, 2.75) is 16.7 Å². The highest BCUT2D eigenvalue weighted by atomic mass is 32.2. The van der Waals surface area contributed by atoms with Crippen molar-refractivity contribution in [3.63, 3.8) is 0 Å². The Balaban J connectivity index is 2.41. The van der Waals surface area contributed by atoms with Crippen LogP contribution >= 0.6 is 23.1 Å². The lowest BCUT2D eigenvalue weighted by molar-refractivity contribution is 0.171. The minimum Gasteiger partial charge on any atom is -0.388 e. The molecule has 0 bridgehead atoms. The Bertz CT molecular complexity index is 231. The molecule has 0 amide bonds. The lowest BCUT2D eigenvalue weighted by atomic mass is 10.1. The number of hydrogen-bond acceptors (Lipinski definition) is 3. The minimum atomic E-state index is -0.192. The summed E-state index contributed by atoms with van der Waals surface area (Å²) in [5, 5.41) is 11.5. The first-order valence-electron chi connectivity index (χ1n) is 3.26. The van der Waals surface area contributed by atoms with Crippen molar-refractivity contribution < 1.29 is 5.11 Å². The first-order valence-corrected chi connectivity index (χ1v) is 5.13. The second-order valence-corrected chi connectivity index (χ2v) is 4.60. The van der Waals surface area contributed by atoms with Gasteiger partial charge in [-0.1, -0.05) is 0 Å². The summed E-state index contributed by atoms with van der Waals surface area (Å²) in [5.74, 6) is 1.06. The van der Waals surface area contributed by atoms with Gasteiger partial charge in [0, 0.05) is 11.3 Å². The maximum atomic E-state index is 9.44. The summed E-state index contributed by atoms with van der Waals surface area (Å²) in [4.78, 5) is 0. The molecule has 2 rings (SSSR count). The molecule has 3 heteroatoms. The van der Waals surface area contributed by atoms with Crippen LogP contribution in [-0.2, 0) is 0 Å². The van der Waals surface area contributed by atoms with Gasteiger partial charge >= 0.3 is 0 Å². The number of fused-ring (bicyclic) bond motifs is 1. The normalized spacial score (nSPS) is 24.3. The highest BCUT2D eigenvalue weighted by Gasteiger charge is 2.18. The summed E-state index contributed by atoms with van der Waals surface area (Å²) < 4.78 is 1.30. The Labute approximate surface area is 68.1 Å². The molecular weight excluding hydrogens is 164 g/mol. The zero-order valence-electron chi connectivity index (χ0n) is 5.41. The van der Waals surface area contributed by atoms with Gasteiger partial charge in [-0.05, 0) is 17.9 Å². The van der Waals surface area contributed by atoms with E-state index in [1.54, 1.807) is 11.3 Å². The maximum Gasteiger partial charge on any atom is 0.0817 e. The van der Waals surface area contributed by atoms with E-state index in [9.17, 15) is 5.11 Å². The van der Waals surface area contributed by atoms with Crippen molar-refractivity contribution in [3.05, 3.63) is 17.0 Å². The quantitative estimate of drug-likeness (QED) is 0.648. The molecule has 0 fully saturated rings. The van der Waals surface area contributed by atoms with Crippen LogP contribution in [0.4, 0.5) is 0 Å². The van der Waals surface area contributed by atoms with Crippen molar-refractivity contribution in [2.75, 3.05) is 5.75 Å². The third-order valence-electron chi connectivity index (χ3n) is 1.64. The predicted octanol–water partition coefficient (Wildman–Crippen LogP) is 2.28. The average molecular weight is 172 g/mol. The second kappa shape index (κ2) is 2.57. The molecule has 1 aromatic rings. The molecule has 2 heterocycles. The molecule has 1 unspecified atom stereocenters. The lowest BCUT2D eigenvalue weighted by Crippen LogP contribution is -2.02. The largest absolute Gasteiger partial charge is 0.388 e. The van der Waals surface area contributed by atoms with E-state index in [0.29, 0.717) is 0 Å². The number of aliphatic hydroxyl groups excluding tert-OH is 1. The van der Waals surface area contributed by atoms with Crippen LogP contribution in [0, 0.1) is 0 Å². The van der Waals surface area contributed by atoms with Gasteiger partial charge in [0.2, 0.25) is 0 Å². The third-order valence-corrected chi connectivity index (χ3v) is 3.94. The van der Waals surface area contributed by atoms with Gasteiger partial charge in [-0.2, -0.15) is 0 Å².